The van der Waals surface area contributed by atoms with E-state index in [1.807, 2.05) is 0 Å². The molecule has 0 radical (unpaired) electrons. The number of aliphatic hydroxyl groups excluding tert-OH is 1. The molecule has 126 valence electrons. The lowest BCUT2D eigenvalue weighted by molar-refractivity contribution is 0.0709. The summed E-state index contributed by atoms with van der Waals surface area (Å²) in [4.78, 5) is 22.8. The summed E-state index contributed by atoms with van der Waals surface area (Å²) in [6, 6.07) is 7.34. The highest BCUT2D eigenvalue weighted by Gasteiger charge is 2.36. The molecule has 1 amide bonds. The molecule has 1 saturated heterocycles. The third-order valence-electron chi connectivity index (χ3n) is 4.07. The molecular weight excluding hydrogens is 311 g/mol. The minimum Gasteiger partial charge on any atom is -0.391 e. The van der Waals surface area contributed by atoms with E-state index in [4.69, 9.17) is 0 Å². The first-order chi connectivity index (χ1) is 11.5. The van der Waals surface area contributed by atoms with Gasteiger partial charge in [0.1, 0.15) is 11.5 Å². The maximum atomic E-state index is 13.5. The van der Waals surface area contributed by atoms with Crippen LogP contribution >= 0.6 is 0 Å². The molecular formula is C17H19FN4O2. The molecule has 2 heterocycles. The fourth-order valence-electron chi connectivity index (χ4n) is 3.01. The van der Waals surface area contributed by atoms with Crippen LogP contribution in [0.25, 0.3) is 0 Å². The molecule has 1 fully saturated rings. The number of aryl methyl sites for hydroxylation is 1. The number of likely N-dealkylation sites (tertiary alicyclic amines) is 1. The summed E-state index contributed by atoms with van der Waals surface area (Å²) < 4.78 is 13.5. The molecule has 0 aliphatic carbocycles. The second kappa shape index (κ2) is 6.52. The van der Waals surface area contributed by atoms with Crippen LogP contribution in [0.2, 0.25) is 0 Å². The number of aromatic nitrogens is 2. The SMILES string of the molecule is CNc1nc(C)cc(C(=O)N2C[C@H](O)C[C@@H]2c2cccc(F)c2)n1. The highest BCUT2D eigenvalue weighted by molar-refractivity contribution is 5.93. The summed E-state index contributed by atoms with van der Waals surface area (Å²) in [5.41, 5.74) is 1.58. The Balaban J connectivity index is 1.94. The van der Waals surface area contributed by atoms with Crippen molar-refractivity contribution in [2.24, 2.45) is 0 Å². The van der Waals surface area contributed by atoms with Crippen molar-refractivity contribution in [3.63, 3.8) is 0 Å². The van der Waals surface area contributed by atoms with E-state index in [1.165, 1.54) is 12.1 Å². The van der Waals surface area contributed by atoms with Crippen molar-refractivity contribution >= 4 is 11.9 Å². The van der Waals surface area contributed by atoms with Gasteiger partial charge in [0, 0.05) is 19.3 Å². The summed E-state index contributed by atoms with van der Waals surface area (Å²) in [5, 5.41) is 12.8. The maximum absolute atomic E-state index is 13.5. The van der Waals surface area contributed by atoms with Crippen LogP contribution in [0, 0.1) is 12.7 Å². The van der Waals surface area contributed by atoms with E-state index in [0.717, 1.165) is 0 Å². The van der Waals surface area contributed by atoms with E-state index in [0.29, 0.717) is 23.6 Å². The molecule has 0 saturated carbocycles. The normalized spacial score (nSPS) is 20.2. The van der Waals surface area contributed by atoms with Crippen LogP contribution in [-0.2, 0) is 0 Å². The minimum atomic E-state index is -0.645. The average Bonchev–Trinajstić information content (AvgIpc) is 2.95. The zero-order chi connectivity index (χ0) is 17.3. The molecule has 3 rings (SSSR count). The molecule has 0 unspecified atom stereocenters. The van der Waals surface area contributed by atoms with E-state index >= 15 is 0 Å². The van der Waals surface area contributed by atoms with Gasteiger partial charge in [0.25, 0.3) is 5.91 Å². The summed E-state index contributed by atoms with van der Waals surface area (Å²) in [6.07, 6.45) is -0.271. The lowest BCUT2D eigenvalue weighted by Gasteiger charge is -2.24. The number of halogens is 1. The summed E-state index contributed by atoms with van der Waals surface area (Å²) in [6.45, 7) is 1.97. The number of hydrogen-bond donors (Lipinski definition) is 2. The molecule has 1 aromatic carbocycles. The molecule has 0 bridgehead atoms. The van der Waals surface area contributed by atoms with Gasteiger partial charge >= 0.3 is 0 Å². The monoisotopic (exact) mass is 330 g/mol. The first-order valence-electron chi connectivity index (χ1n) is 7.76. The second-order valence-corrected chi connectivity index (χ2v) is 5.89. The van der Waals surface area contributed by atoms with Crippen LogP contribution in [0.4, 0.5) is 10.3 Å². The number of benzene rings is 1. The predicted molar refractivity (Wildman–Crippen MR) is 87.1 cm³/mol. The van der Waals surface area contributed by atoms with E-state index in [9.17, 15) is 14.3 Å². The predicted octanol–water partition coefficient (Wildman–Crippen LogP) is 1.91. The van der Waals surface area contributed by atoms with Gasteiger partial charge in [-0.2, -0.15) is 0 Å². The van der Waals surface area contributed by atoms with Crippen molar-refractivity contribution in [1.29, 1.82) is 0 Å². The first-order valence-corrected chi connectivity index (χ1v) is 7.76. The van der Waals surface area contributed by atoms with Gasteiger partial charge in [-0.15, -0.1) is 0 Å². The van der Waals surface area contributed by atoms with Gasteiger partial charge in [0.2, 0.25) is 5.95 Å². The first kappa shape index (κ1) is 16.3. The molecule has 6 nitrogen and oxygen atoms in total. The third kappa shape index (κ3) is 3.21. The third-order valence-corrected chi connectivity index (χ3v) is 4.07. The fraction of sp³-hybridized carbons (Fsp3) is 0.353. The molecule has 2 aromatic rings. The largest absolute Gasteiger partial charge is 0.391 e. The van der Waals surface area contributed by atoms with Gasteiger partial charge in [-0.3, -0.25) is 4.79 Å². The van der Waals surface area contributed by atoms with Crippen molar-refractivity contribution in [2.45, 2.75) is 25.5 Å². The highest BCUT2D eigenvalue weighted by Crippen LogP contribution is 2.33. The summed E-state index contributed by atoms with van der Waals surface area (Å²) in [5.74, 6) is -0.306. The lowest BCUT2D eigenvalue weighted by Crippen LogP contribution is -2.32. The Bertz CT molecular complexity index is 768. The molecule has 2 atom stereocenters. The molecule has 24 heavy (non-hydrogen) atoms. The number of carbonyl (C=O) groups excluding carboxylic acids is 1. The molecule has 1 aromatic heterocycles. The van der Waals surface area contributed by atoms with E-state index < -0.39 is 6.10 Å². The van der Waals surface area contributed by atoms with Gasteiger partial charge in [0.05, 0.1) is 12.1 Å². The van der Waals surface area contributed by atoms with Crippen molar-refractivity contribution in [3.05, 3.63) is 53.1 Å². The number of hydrogen-bond acceptors (Lipinski definition) is 5. The number of aliphatic hydroxyl groups is 1. The topological polar surface area (TPSA) is 78.4 Å². The Labute approximate surface area is 139 Å². The number of amides is 1. The Morgan fingerprint density at radius 3 is 2.88 bits per heavy atom. The average molecular weight is 330 g/mol. The number of anilines is 1. The maximum Gasteiger partial charge on any atom is 0.273 e. The zero-order valence-corrected chi connectivity index (χ0v) is 13.5. The minimum absolute atomic E-state index is 0.192. The number of nitrogens with one attached hydrogen (secondary N) is 1. The molecule has 0 spiro atoms. The van der Waals surface area contributed by atoms with Crippen molar-refractivity contribution in [3.8, 4) is 0 Å². The number of nitrogens with zero attached hydrogens (tertiary/aromatic N) is 3. The Morgan fingerprint density at radius 2 is 2.17 bits per heavy atom. The fourth-order valence-corrected chi connectivity index (χ4v) is 3.01. The molecule has 7 heteroatoms. The standard InChI is InChI=1S/C17H19FN4O2/c1-10-6-14(21-17(19-2)20-10)16(24)22-9-13(23)8-15(22)11-4-3-5-12(18)7-11/h3-7,13,15,23H,8-9H2,1-2H3,(H,19,20,21)/t13-,15-/m1/s1. The molecule has 2 N–H and O–H groups in total. The number of carbonyl (C=O) groups is 1. The van der Waals surface area contributed by atoms with Crippen molar-refractivity contribution < 1.29 is 14.3 Å². The van der Waals surface area contributed by atoms with Crippen LogP contribution < -0.4 is 5.32 Å². The molecule has 1 aliphatic rings. The van der Waals surface area contributed by atoms with Gasteiger partial charge < -0.3 is 15.3 Å². The number of β-amino-alcohol motifs (C(OH)–C–C–N with tert-alkyl or cyclic N) is 1. The second-order valence-electron chi connectivity index (χ2n) is 5.89. The highest BCUT2D eigenvalue weighted by atomic mass is 19.1. The van der Waals surface area contributed by atoms with Crippen LogP contribution in [0.5, 0.6) is 0 Å². The zero-order valence-electron chi connectivity index (χ0n) is 13.5. The van der Waals surface area contributed by atoms with Gasteiger partial charge in [-0.25, -0.2) is 14.4 Å². The van der Waals surface area contributed by atoms with E-state index in [-0.39, 0.29) is 30.0 Å². The lowest BCUT2D eigenvalue weighted by atomic mass is 10.0. The Kier molecular flexibility index (Phi) is 4.44. The van der Waals surface area contributed by atoms with Crippen LogP contribution in [-0.4, -0.2) is 45.6 Å². The van der Waals surface area contributed by atoms with E-state index in [1.54, 1.807) is 37.1 Å². The summed E-state index contributed by atoms with van der Waals surface area (Å²) in [7, 11) is 1.68. The quantitative estimate of drug-likeness (QED) is 0.899. The Morgan fingerprint density at radius 1 is 1.38 bits per heavy atom. The van der Waals surface area contributed by atoms with Crippen LogP contribution in [0.3, 0.4) is 0 Å². The van der Waals surface area contributed by atoms with Crippen LogP contribution in [0.1, 0.15) is 34.2 Å². The molecule has 1 aliphatic heterocycles. The Hall–Kier alpha value is -2.54. The summed E-state index contributed by atoms with van der Waals surface area (Å²) >= 11 is 0. The smallest absolute Gasteiger partial charge is 0.273 e. The number of rotatable bonds is 3. The van der Waals surface area contributed by atoms with E-state index in [2.05, 4.69) is 15.3 Å². The van der Waals surface area contributed by atoms with Gasteiger partial charge in [-0.1, -0.05) is 12.1 Å². The van der Waals surface area contributed by atoms with Gasteiger partial charge in [0.15, 0.2) is 0 Å². The van der Waals surface area contributed by atoms with Crippen LogP contribution in [0.15, 0.2) is 30.3 Å². The van der Waals surface area contributed by atoms with Gasteiger partial charge in [-0.05, 0) is 37.1 Å². The van der Waals surface area contributed by atoms with Crippen molar-refractivity contribution in [2.75, 3.05) is 18.9 Å². The van der Waals surface area contributed by atoms with Crippen molar-refractivity contribution in [1.82, 2.24) is 14.9 Å².